The van der Waals surface area contributed by atoms with Crippen molar-refractivity contribution in [2.24, 2.45) is 0 Å². The molecule has 0 saturated carbocycles. The maximum absolute atomic E-state index is 11.7. The molecule has 0 fully saturated rings. The van der Waals surface area contributed by atoms with Crippen LogP contribution in [0.3, 0.4) is 0 Å². The Labute approximate surface area is 248 Å². The molecule has 0 amide bonds. The predicted molar refractivity (Wildman–Crippen MR) is 169 cm³/mol. The number of non-ortho nitro benzene ring substituents is 2. The van der Waals surface area contributed by atoms with Gasteiger partial charge in [-0.05, 0) is 59.2 Å². The smallest absolute Gasteiger partial charge is 0.270 e. The van der Waals surface area contributed by atoms with E-state index in [1.54, 1.807) is 24.3 Å². The van der Waals surface area contributed by atoms with E-state index in [0.717, 1.165) is 56.4 Å². The molecule has 7 rings (SSSR count). The first-order valence-corrected chi connectivity index (χ1v) is 13.8. The summed E-state index contributed by atoms with van der Waals surface area (Å²) in [5.41, 5.74) is 9.14. The van der Waals surface area contributed by atoms with Gasteiger partial charge in [0, 0.05) is 52.2 Å². The molecule has 2 heterocycles. The van der Waals surface area contributed by atoms with Crippen LogP contribution in [-0.4, -0.2) is 9.85 Å². The van der Waals surface area contributed by atoms with Gasteiger partial charge in [0.15, 0.2) is 0 Å². The van der Waals surface area contributed by atoms with Crippen molar-refractivity contribution in [1.82, 2.24) is 0 Å². The summed E-state index contributed by atoms with van der Waals surface area (Å²) in [6.45, 7) is 8.48. The minimum Gasteiger partial charge on any atom is -0.310 e. The first kappa shape index (κ1) is 26.2. The Morgan fingerprint density at radius 1 is 0.581 bits per heavy atom. The van der Waals surface area contributed by atoms with Gasteiger partial charge in [0.05, 0.1) is 32.6 Å². The van der Waals surface area contributed by atoms with Crippen LogP contribution >= 0.6 is 0 Å². The number of fused-ring (bicyclic) bond motifs is 4. The van der Waals surface area contributed by atoms with Crippen molar-refractivity contribution in [3.8, 4) is 0 Å². The highest BCUT2D eigenvalue weighted by Crippen LogP contribution is 2.54. The van der Waals surface area contributed by atoms with Gasteiger partial charge in [-0.15, -0.1) is 0 Å². The second kappa shape index (κ2) is 9.39. The summed E-state index contributed by atoms with van der Waals surface area (Å²) in [6, 6.07) is 34.0. The lowest BCUT2D eigenvalue weighted by Crippen LogP contribution is -2.30. The predicted octanol–water partition coefficient (Wildman–Crippen LogP) is 9.46. The molecule has 8 nitrogen and oxygen atoms in total. The van der Waals surface area contributed by atoms with Crippen LogP contribution < -0.4 is 9.80 Å². The van der Waals surface area contributed by atoms with Gasteiger partial charge in [-0.3, -0.25) is 20.2 Å². The lowest BCUT2D eigenvalue weighted by molar-refractivity contribution is -0.385. The maximum Gasteiger partial charge on any atom is 0.270 e. The van der Waals surface area contributed by atoms with E-state index in [0.29, 0.717) is 5.56 Å². The van der Waals surface area contributed by atoms with Gasteiger partial charge in [0.25, 0.3) is 11.4 Å². The van der Waals surface area contributed by atoms with E-state index in [9.17, 15) is 20.2 Å². The largest absolute Gasteiger partial charge is 0.310 e. The van der Waals surface area contributed by atoms with Crippen LogP contribution in [0.4, 0.5) is 45.5 Å². The zero-order chi connectivity index (χ0) is 30.0. The summed E-state index contributed by atoms with van der Waals surface area (Å²) in [7, 11) is 0. The molecule has 0 bridgehead atoms. The van der Waals surface area contributed by atoms with E-state index in [2.05, 4.69) is 48.4 Å². The molecule has 0 aromatic heterocycles. The maximum atomic E-state index is 11.7. The minimum atomic E-state index is -0.466. The number of hydrogen-bond acceptors (Lipinski definition) is 6. The number of rotatable bonds is 4. The summed E-state index contributed by atoms with van der Waals surface area (Å²) >= 11 is 0. The van der Waals surface area contributed by atoms with E-state index in [4.69, 9.17) is 0 Å². The number of nitro groups is 2. The van der Waals surface area contributed by atoms with Gasteiger partial charge in [-0.2, -0.15) is 0 Å². The molecule has 0 radical (unpaired) electrons. The summed E-state index contributed by atoms with van der Waals surface area (Å²) in [4.78, 5) is 26.9. The molecular weight excluding hydrogens is 540 g/mol. The SMILES string of the molecule is C=C1c2ccccc2N(c2cccc(N3c4ccccc4C(C)(C)c4cc([N+](=O)[O-])ccc43)c2)c2ccc([N+](=O)[O-])cc21. The molecule has 8 heteroatoms. The Hall–Kier alpha value is -5.76. The molecule has 2 aliphatic rings. The third-order valence-corrected chi connectivity index (χ3v) is 8.50. The van der Waals surface area contributed by atoms with E-state index in [1.165, 1.54) is 6.07 Å². The highest BCUT2D eigenvalue weighted by molar-refractivity contribution is 6.01. The van der Waals surface area contributed by atoms with Crippen molar-refractivity contribution in [3.05, 3.63) is 158 Å². The van der Waals surface area contributed by atoms with Crippen molar-refractivity contribution in [2.45, 2.75) is 19.3 Å². The first-order chi connectivity index (χ1) is 20.7. The third-order valence-electron chi connectivity index (χ3n) is 8.50. The van der Waals surface area contributed by atoms with Crippen molar-refractivity contribution >= 4 is 51.1 Å². The van der Waals surface area contributed by atoms with E-state index >= 15 is 0 Å². The molecule has 2 aliphatic heterocycles. The van der Waals surface area contributed by atoms with Gasteiger partial charge in [-0.1, -0.05) is 62.9 Å². The Morgan fingerprint density at radius 3 is 1.81 bits per heavy atom. The molecule has 5 aromatic carbocycles. The lowest BCUT2D eigenvalue weighted by atomic mass is 9.73. The first-order valence-electron chi connectivity index (χ1n) is 13.8. The Bertz CT molecular complexity index is 2020. The van der Waals surface area contributed by atoms with E-state index < -0.39 is 10.3 Å². The Kier molecular flexibility index (Phi) is 5.71. The average molecular weight is 567 g/mol. The molecule has 0 spiro atoms. The van der Waals surface area contributed by atoms with Crippen molar-refractivity contribution in [2.75, 3.05) is 9.80 Å². The fraction of sp³-hybridized carbons (Fsp3) is 0.0857. The number of nitrogens with zero attached hydrogens (tertiary/aromatic N) is 4. The number of hydrogen-bond donors (Lipinski definition) is 0. The quantitative estimate of drug-likeness (QED) is 0.156. The van der Waals surface area contributed by atoms with E-state index in [-0.39, 0.29) is 16.3 Å². The lowest BCUT2D eigenvalue weighted by Gasteiger charge is -2.42. The second-order valence-electron chi connectivity index (χ2n) is 11.2. The number of anilines is 6. The molecular formula is C35H26N4O4. The van der Waals surface area contributed by atoms with Crippen LogP contribution in [0.1, 0.15) is 36.1 Å². The summed E-state index contributed by atoms with van der Waals surface area (Å²) in [5, 5.41) is 23.4. The van der Waals surface area contributed by atoms with Crippen LogP contribution in [0, 0.1) is 20.2 Å². The van der Waals surface area contributed by atoms with Crippen LogP contribution in [0.25, 0.3) is 5.57 Å². The highest BCUT2D eigenvalue weighted by atomic mass is 16.6. The molecule has 0 saturated heterocycles. The van der Waals surface area contributed by atoms with Crippen molar-refractivity contribution in [1.29, 1.82) is 0 Å². The average Bonchev–Trinajstić information content (AvgIpc) is 3.01. The fourth-order valence-electron chi connectivity index (χ4n) is 6.41. The van der Waals surface area contributed by atoms with Crippen LogP contribution in [-0.2, 0) is 5.41 Å². The van der Waals surface area contributed by atoms with Crippen LogP contribution in [0.15, 0.2) is 116 Å². The van der Waals surface area contributed by atoms with Gasteiger partial charge >= 0.3 is 0 Å². The second-order valence-corrected chi connectivity index (χ2v) is 11.2. The highest BCUT2D eigenvalue weighted by Gasteiger charge is 2.38. The van der Waals surface area contributed by atoms with Crippen LogP contribution in [0.2, 0.25) is 0 Å². The zero-order valence-corrected chi connectivity index (χ0v) is 23.5. The molecule has 210 valence electrons. The number of nitro benzene ring substituents is 2. The zero-order valence-electron chi connectivity index (χ0n) is 23.5. The molecule has 0 N–H and O–H groups in total. The standard InChI is InChI=1S/C35H26N4O4/c1-22-27-11-4-6-13-31(27)36(32-17-15-25(38(40)41)20-28(22)32)23-9-8-10-24(19-23)37-33-14-7-5-12-29(33)35(2,3)30-21-26(39(42)43)16-18-34(30)37/h4-21H,1H2,2-3H3. The van der Waals surface area contributed by atoms with Gasteiger partial charge < -0.3 is 9.80 Å². The van der Waals surface area contributed by atoms with E-state index in [1.807, 2.05) is 60.7 Å². The van der Waals surface area contributed by atoms with Crippen molar-refractivity contribution in [3.63, 3.8) is 0 Å². The summed E-state index contributed by atoms with van der Waals surface area (Å²) < 4.78 is 0. The number of para-hydroxylation sites is 2. The minimum absolute atomic E-state index is 0.00576. The fourth-order valence-corrected chi connectivity index (χ4v) is 6.41. The molecule has 43 heavy (non-hydrogen) atoms. The van der Waals surface area contributed by atoms with Gasteiger partial charge in [0.2, 0.25) is 0 Å². The number of benzene rings is 5. The third kappa shape index (κ3) is 3.91. The molecule has 0 aliphatic carbocycles. The topological polar surface area (TPSA) is 92.8 Å². The van der Waals surface area contributed by atoms with Gasteiger partial charge in [0.1, 0.15) is 0 Å². The normalized spacial score (nSPS) is 14.3. The summed E-state index contributed by atoms with van der Waals surface area (Å²) in [6.07, 6.45) is 0. The Balaban J connectivity index is 1.44. The molecule has 5 aromatic rings. The summed E-state index contributed by atoms with van der Waals surface area (Å²) in [5.74, 6) is 0. The van der Waals surface area contributed by atoms with Crippen molar-refractivity contribution < 1.29 is 9.85 Å². The van der Waals surface area contributed by atoms with Crippen LogP contribution in [0.5, 0.6) is 0 Å². The molecule has 0 atom stereocenters. The Morgan fingerprint density at radius 2 is 1.12 bits per heavy atom. The monoisotopic (exact) mass is 566 g/mol. The molecule has 0 unspecified atom stereocenters. The van der Waals surface area contributed by atoms with Gasteiger partial charge in [-0.25, -0.2) is 0 Å².